The van der Waals surface area contributed by atoms with Crippen LogP contribution in [0.4, 0.5) is 5.95 Å². The van der Waals surface area contributed by atoms with Crippen LogP contribution in [0, 0.1) is 6.92 Å². The zero-order valence-electron chi connectivity index (χ0n) is 12.9. The fraction of sp³-hybridized carbons (Fsp3) is 0.786. The number of hydrogen-bond acceptors (Lipinski definition) is 4. The molecule has 1 aromatic heterocycles. The van der Waals surface area contributed by atoms with Crippen molar-refractivity contribution in [2.24, 2.45) is 0 Å². The van der Waals surface area contributed by atoms with Gasteiger partial charge in [-0.25, -0.2) is 4.98 Å². The van der Waals surface area contributed by atoms with Crippen molar-refractivity contribution in [3.63, 3.8) is 0 Å². The van der Waals surface area contributed by atoms with Crippen molar-refractivity contribution in [1.29, 1.82) is 0 Å². The highest BCUT2D eigenvalue weighted by atomic mass is 16.5. The summed E-state index contributed by atoms with van der Waals surface area (Å²) < 4.78 is 7.30. The number of anilines is 1. The standard InChI is InChI=1S/C14H28N4O/c1-12-11-18(13(2)7-9-17(3)4)14(16-12)15-8-6-10-19-5/h11,13H,6-10H2,1-5H3,(H,15,16). The summed E-state index contributed by atoms with van der Waals surface area (Å²) in [5, 5.41) is 3.40. The van der Waals surface area contributed by atoms with Crippen molar-refractivity contribution in [3.05, 3.63) is 11.9 Å². The van der Waals surface area contributed by atoms with E-state index in [1.54, 1.807) is 7.11 Å². The molecule has 1 unspecified atom stereocenters. The molecule has 0 saturated carbocycles. The van der Waals surface area contributed by atoms with Crippen molar-refractivity contribution < 1.29 is 4.74 Å². The predicted octanol–water partition coefficient (Wildman–Crippen LogP) is 2.15. The van der Waals surface area contributed by atoms with Gasteiger partial charge in [0, 0.05) is 32.5 Å². The molecule has 0 aliphatic rings. The van der Waals surface area contributed by atoms with Gasteiger partial charge in [-0.05, 0) is 47.3 Å². The van der Waals surface area contributed by atoms with Gasteiger partial charge in [-0.15, -0.1) is 0 Å². The summed E-state index contributed by atoms with van der Waals surface area (Å²) in [5.41, 5.74) is 1.06. The molecule has 1 heterocycles. The largest absolute Gasteiger partial charge is 0.385 e. The average Bonchev–Trinajstić information content (AvgIpc) is 2.73. The second kappa shape index (κ2) is 8.17. The third-order valence-electron chi connectivity index (χ3n) is 3.13. The smallest absolute Gasteiger partial charge is 0.203 e. The molecule has 1 atom stereocenters. The Morgan fingerprint density at radius 1 is 1.47 bits per heavy atom. The first-order chi connectivity index (χ1) is 9.04. The van der Waals surface area contributed by atoms with E-state index in [0.717, 1.165) is 44.2 Å². The molecule has 0 saturated heterocycles. The predicted molar refractivity (Wildman–Crippen MR) is 79.8 cm³/mol. The summed E-state index contributed by atoms with van der Waals surface area (Å²) in [6.45, 7) is 7.04. The number of nitrogens with zero attached hydrogens (tertiary/aromatic N) is 3. The van der Waals surface area contributed by atoms with Crippen LogP contribution < -0.4 is 5.32 Å². The van der Waals surface area contributed by atoms with Gasteiger partial charge >= 0.3 is 0 Å². The fourth-order valence-electron chi connectivity index (χ4n) is 1.98. The lowest BCUT2D eigenvalue weighted by Gasteiger charge is -2.19. The lowest BCUT2D eigenvalue weighted by Crippen LogP contribution is -2.18. The van der Waals surface area contributed by atoms with Crippen LogP contribution in [0.1, 0.15) is 31.5 Å². The van der Waals surface area contributed by atoms with Crippen LogP contribution in [0.25, 0.3) is 0 Å². The minimum Gasteiger partial charge on any atom is -0.385 e. The SMILES string of the molecule is COCCCNc1nc(C)cn1C(C)CCN(C)C. The van der Waals surface area contributed by atoms with E-state index in [1.807, 2.05) is 6.92 Å². The fourth-order valence-corrected chi connectivity index (χ4v) is 1.98. The minimum absolute atomic E-state index is 0.452. The third kappa shape index (κ3) is 5.61. The minimum atomic E-state index is 0.452. The summed E-state index contributed by atoms with van der Waals surface area (Å²) in [6, 6.07) is 0.452. The van der Waals surface area contributed by atoms with E-state index in [-0.39, 0.29) is 0 Å². The monoisotopic (exact) mass is 268 g/mol. The van der Waals surface area contributed by atoms with Gasteiger partial charge in [0.05, 0.1) is 5.69 Å². The van der Waals surface area contributed by atoms with Crippen LogP contribution >= 0.6 is 0 Å². The van der Waals surface area contributed by atoms with Crippen LogP contribution in [-0.2, 0) is 4.74 Å². The number of hydrogen-bond donors (Lipinski definition) is 1. The molecule has 5 heteroatoms. The number of aryl methyl sites for hydroxylation is 1. The summed E-state index contributed by atoms with van der Waals surface area (Å²) in [6.07, 6.45) is 4.24. The zero-order valence-corrected chi connectivity index (χ0v) is 12.9. The number of aromatic nitrogens is 2. The molecule has 0 fully saturated rings. The first-order valence-corrected chi connectivity index (χ1v) is 6.97. The first-order valence-electron chi connectivity index (χ1n) is 6.97. The Labute approximate surface area is 117 Å². The Hall–Kier alpha value is -1.07. The van der Waals surface area contributed by atoms with Crippen LogP contribution in [0.2, 0.25) is 0 Å². The van der Waals surface area contributed by atoms with Crippen LogP contribution in [0.5, 0.6) is 0 Å². The molecule has 0 spiro atoms. The molecule has 19 heavy (non-hydrogen) atoms. The summed E-state index contributed by atoms with van der Waals surface area (Å²) in [7, 11) is 5.94. The molecule has 0 aromatic carbocycles. The molecule has 5 nitrogen and oxygen atoms in total. The van der Waals surface area contributed by atoms with Gasteiger partial charge < -0.3 is 19.5 Å². The molecule has 0 aliphatic carbocycles. The molecule has 110 valence electrons. The molecular formula is C14H28N4O. The molecule has 0 aliphatic heterocycles. The lowest BCUT2D eigenvalue weighted by molar-refractivity contribution is 0.197. The Morgan fingerprint density at radius 3 is 2.84 bits per heavy atom. The summed E-state index contributed by atoms with van der Waals surface area (Å²) in [4.78, 5) is 6.77. The first kappa shape index (κ1) is 16.0. The van der Waals surface area contributed by atoms with Gasteiger partial charge in [-0.2, -0.15) is 0 Å². The molecule has 0 bridgehead atoms. The molecular weight excluding hydrogens is 240 g/mol. The van der Waals surface area contributed by atoms with Crippen LogP contribution in [0.15, 0.2) is 6.20 Å². The highest BCUT2D eigenvalue weighted by Crippen LogP contribution is 2.18. The maximum absolute atomic E-state index is 5.05. The molecule has 0 radical (unpaired) electrons. The van der Waals surface area contributed by atoms with E-state index in [0.29, 0.717) is 6.04 Å². The van der Waals surface area contributed by atoms with Crippen LogP contribution in [-0.4, -0.2) is 55.4 Å². The van der Waals surface area contributed by atoms with Crippen molar-refractivity contribution in [3.8, 4) is 0 Å². The lowest BCUT2D eigenvalue weighted by atomic mass is 10.2. The number of imidazole rings is 1. The molecule has 0 amide bonds. The van der Waals surface area contributed by atoms with Gasteiger partial charge in [0.1, 0.15) is 0 Å². The van der Waals surface area contributed by atoms with Gasteiger partial charge in [-0.3, -0.25) is 0 Å². The van der Waals surface area contributed by atoms with Crippen molar-refractivity contribution in [2.45, 2.75) is 32.7 Å². The molecule has 1 rings (SSSR count). The Balaban J connectivity index is 2.56. The zero-order chi connectivity index (χ0) is 14.3. The van der Waals surface area contributed by atoms with E-state index in [9.17, 15) is 0 Å². The van der Waals surface area contributed by atoms with Crippen molar-refractivity contribution in [1.82, 2.24) is 14.5 Å². The maximum atomic E-state index is 5.05. The summed E-state index contributed by atoms with van der Waals surface area (Å²) in [5.74, 6) is 0.972. The highest BCUT2D eigenvalue weighted by molar-refractivity contribution is 5.29. The van der Waals surface area contributed by atoms with E-state index in [4.69, 9.17) is 4.74 Å². The number of rotatable bonds is 9. The second-order valence-electron chi connectivity index (χ2n) is 5.33. The van der Waals surface area contributed by atoms with E-state index >= 15 is 0 Å². The van der Waals surface area contributed by atoms with Crippen molar-refractivity contribution in [2.75, 3.05) is 46.2 Å². The Bertz CT molecular complexity index is 362. The number of nitrogens with one attached hydrogen (secondary N) is 1. The van der Waals surface area contributed by atoms with Gasteiger partial charge in [0.2, 0.25) is 5.95 Å². The maximum Gasteiger partial charge on any atom is 0.203 e. The average molecular weight is 268 g/mol. The topological polar surface area (TPSA) is 42.3 Å². The van der Waals surface area contributed by atoms with Gasteiger partial charge in [0.15, 0.2) is 0 Å². The Morgan fingerprint density at radius 2 is 2.21 bits per heavy atom. The molecule has 1 aromatic rings. The summed E-state index contributed by atoms with van der Waals surface area (Å²) >= 11 is 0. The van der Waals surface area contributed by atoms with E-state index in [2.05, 4.69) is 47.0 Å². The van der Waals surface area contributed by atoms with E-state index < -0.39 is 0 Å². The normalized spacial score (nSPS) is 12.9. The molecule has 1 N–H and O–H groups in total. The van der Waals surface area contributed by atoms with Crippen LogP contribution in [0.3, 0.4) is 0 Å². The van der Waals surface area contributed by atoms with E-state index in [1.165, 1.54) is 0 Å². The highest BCUT2D eigenvalue weighted by Gasteiger charge is 2.11. The quantitative estimate of drug-likeness (QED) is 0.697. The number of methoxy groups -OCH3 is 1. The third-order valence-corrected chi connectivity index (χ3v) is 3.13. The van der Waals surface area contributed by atoms with Gasteiger partial charge in [-0.1, -0.05) is 0 Å². The Kier molecular flexibility index (Phi) is 6.87. The van der Waals surface area contributed by atoms with Crippen molar-refractivity contribution >= 4 is 5.95 Å². The second-order valence-corrected chi connectivity index (χ2v) is 5.33. The van der Waals surface area contributed by atoms with Gasteiger partial charge in [0.25, 0.3) is 0 Å². The number of ether oxygens (including phenoxy) is 1.